The summed E-state index contributed by atoms with van der Waals surface area (Å²) in [4.78, 5) is 20.5. The highest BCUT2D eigenvalue weighted by molar-refractivity contribution is 5.81. The quantitative estimate of drug-likeness (QED) is 0.874. The second-order valence-electron chi connectivity index (χ2n) is 6.00. The third-order valence-electron chi connectivity index (χ3n) is 4.39. The van der Waals surface area contributed by atoms with Gasteiger partial charge in [-0.3, -0.25) is 14.7 Å². The van der Waals surface area contributed by atoms with Crippen LogP contribution in [-0.2, 0) is 11.3 Å². The van der Waals surface area contributed by atoms with Crippen LogP contribution in [0.3, 0.4) is 0 Å². The molecule has 0 spiro atoms. The van der Waals surface area contributed by atoms with Gasteiger partial charge >= 0.3 is 0 Å². The summed E-state index contributed by atoms with van der Waals surface area (Å²) in [6, 6.07) is 6.82. The van der Waals surface area contributed by atoms with Gasteiger partial charge in [-0.1, -0.05) is 13.0 Å². The maximum Gasteiger partial charge on any atom is 0.222 e. The van der Waals surface area contributed by atoms with E-state index >= 15 is 0 Å². The molecule has 1 aromatic heterocycles. The predicted molar refractivity (Wildman–Crippen MR) is 88.5 cm³/mol. The summed E-state index contributed by atoms with van der Waals surface area (Å²) < 4.78 is 13.8. The van der Waals surface area contributed by atoms with E-state index in [0.717, 1.165) is 49.1 Å². The number of amides is 1. The lowest BCUT2D eigenvalue weighted by molar-refractivity contribution is -0.130. The number of halogens is 1. The minimum absolute atomic E-state index is 0.213. The first-order valence-corrected chi connectivity index (χ1v) is 8.20. The Hall–Kier alpha value is -2.01. The third kappa shape index (κ3) is 3.67. The lowest BCUT2D eigenvalue weighted by atomic mass is 10.1. The van der Waals surface area contributed by atoms with Gasteiger partial charge in [0.05, 0.1) is 5.52 Å². The minimum Gasteiger partial charge on any atom is -0.341 e. The maximum atomic E-state index is 13.8. The Bertz CT molecular complexity index is 704. The van der Waals surface area contributed by atoms with Gasteiger partial charge in [-0.05, 0) is 30.2 Å². The van der Waals surface area contributed by atoms with Crippen LogP contribution in [0.4, 0.5) is 4.39 Å². The molecule has 23 heavy (non-hydrogen) atoms. The summed E-state index contributed by atoms with van der Waals surface area (Å²) in [5.74, 6) is -0.0113. The fourth-order valence-corrected chi connectivity index (χ4v) is 3.19. The SMILES string of the molecule is CCC(=O)N1CCCN(Cc2cc(F)cc3cccnc23)CC1. The Morgan fingerprint density at radius 3 is 2.96 bits per heavy atom. The molecule has 0 aliphatic carbocycles. The zero-order chi connectivity index (χ0) is 16.2. The van der Waals surface area contributed by atoms with Crippen molar-refractivity contribution in [2.45, 2.75) is 26.3 Å². The zero-order valence-corrected chi connectivity index (χ0v) is 13.5. The van der Waals surface area contributed by atoms with E-state index in [1.165, 1.54) is 6.07 Å². The number of fused-ring (bicyclic) bond motifs is 1. The second kappa shape index (κ2) is 7.04. The highest BCUT2D eigenvalue weighted by atomic mass is 19.1. The summed E-state index contributed by atoms with van der Waals surface area (Å²) in [7, 11) is 0. The van der Waals surface area contributed by atoms with Crippen LogP contribution in [0.15, 0.2) is 30.5 Å². The van der Waals surface area contributed by atoms with Crippen LogP contribution in [0, 0.1) is 5.82 Å². The molecule has 0 saturated carbocycles. The van der Waals surface area contributed by atoms with Gasteiger partial charge in [0.1, 0.15) is 5.82 Å². The van der Waals surface area contributed by atoms with Crippen molar-refractivity contribution < 1.29 is 9.18 Å². The molecular formula is C18H22FN3O. The van der Waals surface area contributed by atoms with E-state index in [0.29, 0.717) is 13.0 Å². The first kappa shape index (κ1) is 15.9. The van der Waals surface area contributed by atoms with Crippen molar-refractivity contribution in [2.24, 2.45) is 0 Å². The minimum atomic E-state index is -0.224. The van der Waals surface area contributed by atoms with E-state index in [1.54, 1.807) is 12.3 Å². The highest BCUT2D eigenvalue weighted by Gasteiger charge is 2.19. The smallest absolute Gasteiger partial charge is 0.222 e. The molecule has 5 heteroatoms. The molecule has 0 radical (unpaired) electrons. The predicted octanol–water partition coefficient (Wildman–Crippen LogP) is 2.82. The van der Waals surface area contributed by atoms with Crippen LogP contribution >= 0.6 is 0 Å². The largest absolute Gasteiger partial charge is 0.341 e. The molecule has 0 unspecified atom stereocenters. The molecule has 1 aromatic carbocycles. The molecule has 0 bridgehead atoms. The van der Waals surface area contributed by atoms with Gasteiger partial charge in [0.15, 0.2) is 0 Å². The Balaban J connectivity index is 1.76. The summed E-state index contributed by atoms with van der Waals surface area (Å²) in [5.41, 5.74) is 1.77. The molecule has 0 atom stereocenters. The number of benzene rings is 1. The van der Waals surface area contributed by atoms with Crippen molar-refractivity contribution in [3.8, 4) is 0 Å². The molecule has 1 aliphatic rings. The van der Waals surface area contributed by atoms with Gasteiger partial charge < -0.3 is 4.90 Å². The molecule has 3 rings (SSSR count). The zero-order valence-electron chi connectivity index (χ0n) is 13.5. The van der Waals surface area contributed by atoms with Crippen LogP contribution < -0.4 is 0 Å². The Morgan fingerprint density at radius 1 is 1.26 bits per heavy atom. The standard InChI is InChI=1S/C18H22FN3O/c1-2-17(23)22-8-4-7-21(9-10-22)13-15-12-16(19)11-14-5-3-6-20-18(14)15/h3,5-6,11-12H,2,4,7-10,13H2,1H3. The van der Waals surface area contributed by atoms with Crippen molar-refractivity contribution >= 4 is 16.8 Å². The summed E-state index contributed by atoms with van der Waals surface area (Å²) >= 11 is 0. The van der Waals surface area contributed by atoms with Crippen molar-refractivity contribution in [3.05, 3.63) is 41.8 Å². The molecule has 2 heterocycles. The number of hydrogen-bond donors (Lipinski definition) is 0. The topological polar surface area (TPSA) is 36.4 Å². The fourth-order valence-electron chi connectivity index (χ4n) is 3.19. The van der Waals surface area contributed by atoms with Gasteiger partial charge in [-0.15, -0.1) is 0 Å². The number of pyridine rings is 1. The average Bonchev–Trinajstić information content (AvgIpc) is 2.79. The fraction of sp³-hybridized carbons (Fsp3) is 0.444. The first-order chi connectivity index (χ1) is 11.2. The van der Waals surface area contributed by atoms with Gasteiger partial charge in [0.25, 0.3) is 0 Å². The molecule has 1 amide bonds. The van der Waals surface area contributed by atoms with E-state index < -0.39 is 0 Å². The lowest BCUT2D eigenvalue weighted by Gasteiger charge is -2.22. The number of rotatable bonds is 3. The van der Waals surface area contributed by atoms with Crippen molar-refractivity contribution in [1.82, 2.24) is 14.8 Å². The summed E-state index contributed by atoms with van der Waals surface area (Å²) in [6.07, 6.45) is 3.25. The van der Waals surface area contributed by atoms with Crippen molar-refractivity contribution in [3.63, 3.8) is 0 Å². The van der Waals surface area contributed by atoms with Crippen molar-refractivity contribution in [2.75, 3.05) is 26.2 Å². The molecular weight excluding hydrogens is 293 g/mol. The van der Waals surface area contributed by atoms with E-state index in [-0.39, 0.29) is 11.7 Å². The maximum absolute atomic E-state index is 13.8. The Kier molecular flexibility index (Phi) is 4.86. The second-order valence-corrected chi connectivity index (χ2v) is 6.00. The van der Waals surface area contributed by atoms with Gasteiger partial charge in [-0.2, -0.15) is 0 Å². The third-order valence-corrected chi connectivity index (χ3v) is 4.39. The van der Waals surface area contributed by atoms with Crippen LogP contribution in [-0.4, -0.2) is 46.9 Å². The van der Waals surface area contributed by atoms with Crippen LogP contribution in [0.25, 0.3) is 10.9 Å². The van der Waals surface area contributed by atoms with Crippen LogP contribution in [0.1, 0.15) is 25.3 Å². The first-order valence-electron chi connectivity index (χ1n) is 8.20. The molecule has 2 aromatic rings. The number of hydrogen-bond acceptors (Lipinski definition) is 3. The normalized spacial score (nSPS) is 16.5. The van der Waals surface area contributed by atoms with E-state index in [1.807, 2.05) is 24.0 Å². The number of nitrogens with zero attached hydrogens (tertiary/aromatic N) is 3. The Labute approximate surface area is 135 Å². The monoisotopic (exact) mass is 315 g/mol. The van der Waals surface area contributed by atoms with Gasteiger partial charge in [0.2, 0.25) is 5.91 Å². The van der Waals surface area contributed by atoms with Crippen LogP contribution in [0.2, 0.25) is 0 Å². The Morgan fingerprint density at radius 2 is 2.13 bits per heavy atom. The van der Waals surface area contributed by atoms with Gasteiger partial charge in [-0.25, -0.2) is 4.39 Å². The molecule has 0 N–H and O–H groups in total. The lowest BCUT2D eigenvalue weighted by Crippen LogP contribution is -2.34. The summed E-state index contributed by atoms with van der Waals surface area (Å²) in [5, 5.41) is 0.833. The van der Waals surface area contributed by atoms with Crippen LogP contribution in [0.5, 0.6) is 0 Å². The van der Waals surface area contributed by atoms with E-state index in [4.69, 9.17) is 0 Å². The molecule has 4 nitrogen and oxygen atoms in total. The van der Waals surface area contributed by atoms with E-state index in [9.17, 15) is 9.18 Å². The average molecular weight is 315 g/mol. The highest BCUT2D eigenvalue weighted by Crippen LogP contribution is 2.20. The van der Waals surface area contributed by atoms with Crippen molar-refractivity contribution in [1.29, 1.82) is 0 Å². The molecule has 1 saturated heterocycles. The molecule has 1 aliphatic heterocycles. The number of carbonyl (C=O) groups excluding carboxylic acids is 1. The molecule has 1 fully saturated rings. The van der Waals surface area contributed by atoms with E-state index in [2.05, 4.69) is 9.88 Å². The number of carbonyl (C=O) groups is 1. The number of aromatic nitrogens is 1. The van der Waals surface area contributed by atoms with Gasteiger partial charge in [0, 0.05) is 50.7 Å². The molecule has 122 valence electrons. The summed E-state index contributed by atoms with van der Waals surface area (Å²) in [6.45, 7) is 5.85.